The molecular weight excluding hydrogens is 700 g/mol. The minimum atomic E-state index is -0.310. The topological polar surface area (TPSA) is 87.7 Å². The van der Waals surface area contributed by atoms with Crippen LogP contribution < -0.4 is 0 Å². The second kappa shape index (κ2) is 14.4. The first-order valence-electron chi connectivity index (χ1n) is 18.2. The molecule has 0 atom stereocenters. The Kier molecular flexibility index (Phi) is 8.87. The zero-order chi connectivity index (χ0) is 38.2. The molecule has 8 nitrogen and oxygen atoms in total. The van der Waals surface area contributed by atoms with Crippen LogP contribution in [0.15, 0.2) is 167 Å². The summed E-state index contributed by atoms with van der Waals surface area (Å²) in [6.45, 7) is 6.22. The highest BCUT2D eigenvalue weighted by Crippen LogP contribution is 2.35. The van der Waals surface area contributed by atoms with E-state index < -0.39 is 0 Å². The summed E-state index contributed by atoms with van der Waals surface area (Å²) in [5.41, 5.74) is 13.0. The maximum atomic E-state index is 13.7. The van der Waals surface area contributed by atoms with Gasteiger partial charge in [-0.1, -0.05) is 99.8 Å². The number of rotatable bonds is 6. The molecule has 10 aromatic rings. The van der Waals surface area contributed by atoms with E-state index >= 15 is 0 Å². The molecule has 0 N–H and O–H groups in total. The first-order chi connectivity index (χ1) is 27.4. The number of aryl methyl sites for hydroxylation is 3. The van der Waals surface area contributed by atoms with Crippen LogP contribution in [0.25, 0.3) is 78.3 Å². The highest BCUT2D eigenvalue weighted by Gasteiger charge is 2.16. The molecule has 0 aliphatic rings. The van der Waals surface area contributed by atoms with Crippen molar-refractivity contribution in [2.24, 2.45) is 0 Å². The molecule has 4 heterocycles. The van der Waals surface area contributed by atoms with E-state index in [1.165, 1.54) is 28.8 Å². The van der Waals surface area contributed by atoms with Gasteiger partial charge in [-0.05, 0) is 93.6 Å². The van der Waals surface area contributed by atoms with Gasteiger partial charge in [-0.3, -0.25) is 0 Å². The number of benzene rings is 6. The summed E-state index contributed by atoms with van der Waals surface area (Å²) in [7, 11) is 0. The third-order valence-electron chi connectivity index (χ3n) is 9.79. The molecule has 0 aliphatic heterocycles. The van der Waals surface area contributed by atoms with E-state index in [0.29, 0.717) is 11.3 Å². The molecule has 0 amide bonds. The molecule has 9 heteroatoms. The molecule has 4 aromatic heterocycles. The van der Waals surface area contributed by atoms with Gasteiger partial charge in [0.2, 0.25) is 0 Å². The maximum absolute atomic E-state index is 13.7. The fourth-order valence-corrected chi connectivity index (χ4v) is 6.78. The van der Waals surface area contributed by atoms with E-state index in [-0.39, 0.29) is 5.82 Å². The minimum absolute atomic E-state index is 0.310. The fraction of sp³-hybridized carbons (Fsp3) is 0.0638. The third-order valence-corrected chi connectivity index (χ3v) is 9.79. The van der Waals surface area contributed by atoms with Gasteiger partial charge in [-0.2, -0.15) is 10.2 Å². The number of hydrogen-bond acceptors (Lipinski definition) is 6. The van der Waals surface area contributed by atoms with Crippen molar-refractivity contribution in [1.29, 1.82) is 0 Å². The summed E-state index contributed by atoms with van der Waals surface area (Å²) >= 11 is 0. The molecular formula is C47H35FN6O2. The lowest BCUT2D eigenvalue weighted by Crippen LogP contribution is -1.98. The van der Waals surface area contributed by atoms with Crippen molar-refractivity contribution in [3.8, 4) is 56.5 Å². The molecule has 0 saturated heterocycles. The standard InChI is InChI=1S/C24H19N3O.C23H16FN3O/c1-16-3-7-18(8-4-16)24-21-15-19(9-12-22(21)26-28-24)23-13-14-25-27(23)20-10-5-17(2)6-11-20;1-15-5-8-19(9-6-15)27-22(11-12-25-27)16-7-10-21-20(14-16)23(28-26-21)17-3-2-4-18(24)13-17/h3-15H,1-2H3;2-14H,1H3. The summed E-state index contributed by atoms with van der Waals surface area (Å²) < 4.78 is 28.7. The van der Waals surface area contributed by atoms with Crippen molar-refractivity contribution in [2.75, 3.05) is 0 Å². The van der Waals surface area contributed by atoms with Crippen molar-refractivity contribution in [2.45, 2.75) is 20.8 Å². The van der Waals surface area contributed by atoms with E-state index in [1.54, 1.807) is 12.3 Å². The van der Waals surface area contributed by atoms with E-state index in [0.717, 1.165) is 67.0 Å². The normalized spacial score (nSPS) is 11.2. The number of nitrogens with zero attached hydrogens (tertiary/aromatic N) is 6. The van der Waals surface area contributed by atoms with E-state index in [4.69, 9.17) is 9.05 Å². The first-order valence-corrected chi connectivity index (χ1v) is 18.2. The quantitative estimate of drug-likeness (QED) is 0.169. The molecule has 0 bridgehead atoms. The molecule has 0 aliphatic carbocycles. The Hall–Kier alpha value is -7.39. The summed E-state index contributed by atoms with van der Waals surface area (Å²) in [5, 5.41) is 19.2. The molecule has 56 heavy (non-hydrogen) atoms. The van der Waals surface area contributed by atoms with Crippen molar-refractivity contribution < 1.29 is 13.4 Å². The Morgan fingerprint density at radius 1 is 0.446 bits per heavy atom. The highest BCUT2D eigenvalue weighted by atomic mass is 19.1. The van der Waals surface area contributed by atoms with Gasteiger partial charge < -0.3 is 9.05 Å². The van der Waals surface area contributed by atoms with Crippen LogP contribution >= 0.6 is 0 Å². The molecule has 272 valence electrons. The lowest BCUT2D eigenvalue weighted by Gasteiger charge is -2.08. The predicted octanol–water partition coefficient (Wildman–Crippen LogP) is 11.8. The summed E-state index contributed by atoms with van der Waals surface area (Å²) in [4.78, 5) is 0. The van der Waals surface area contributed by atoms with Gasteiger partial charge >= 0.3 is 0 Å². The molecule has 0 spiro atoms. The Labute approximate surface area is 322 Å². The number of halogens is 1. The van der Waals surface area contributed by atoms with Crippen LogP contribution in [0.2, 0.25) is 0 Å². The summed E-state index contributed by atoms with van der Waals surface area (Å²) in [6.07, 6.45) is 3.61. The van der Waals surface area contributed by atoms with Crippen LogP contribution in [0, 0.1) is 26.6 Å². The summed E-state index contributed by atoms with van der Waals surface area (Å²) in [6, 6.07) is 47.3. The van der Waals surface area contributed by atoms with Gasteiger partial charge in [-0.25, -0.2) is 13.8 Å². The lowest BCUT2D eigenvalue weighted by atomic mass is 10.0. The van der Waals surface area contributed by atoms with Gasteiger partial charge in [0.05, 0.1) is 45.9 Å². The average molecular weight is 735 g/mol. The molecule has 0 fully saturated rings. The third kappa shape index (κ3) is 6.67. The fourth-order valence-electron chi connectivity index (χ4n) is 6.78. The average Bonchev–Trinajstić information content (AvgIpc) is 4.05. The lowest BCUT2D eigenvalue weighted by molar-refractivity contribution is 0.440. The van der Waals surface area contributed by atoms with Crippen molar-refractivity contribution in [3.63, 3.8) is 0 Å². The van der Waals surface area contributed by atoms with Crippen LogP contribution in [0.3, 0.4) is 0 Å². The molecule has 6 aromatic carbocycles. The first kappa shape index (κ1) is 34.4. The van der Waals surface area contributed by atoms with E-state index in [2.05, 4.69) is 114 Å². The van der Waals surface area contributed by atoms with E-state index in [9.17, 15) is 4.39 Å². The largest absolute Gasteiger partial charge is 0.355 e. The van der Waals surface area contributed by atoms with Gasteiger partial charge in [0.25, 0.3) is 0 Å². The van der Waals surface area contributed by atoms with Crippen LogP contribution in [0.5, 0.6) is 0 Å². The van der Waals surface area contributed by atoms with Crippen molar-refractivity contribution >= 4 is 21.8 Å². The molecule has 0 unspecified atom stereocenters. The summed E-state index contributed by atoms with van der Waals surface area (Å²) in [5.74, 6) is 1.03. The second-order valence-corrected chi connectivity index (χ2v) is 13.8. The predicted molar refractivity (Wildman–Crippen MR) is 218 cm³/mol. The zero-order valence-corrected chi connectivity index (χ0v) is 30.9. The number of fused-ring (bicyclic) bond motifs is 2. The Morgan fingerprint density at radius 3 is 1.38 bits per heavy atom. The molecule has 10 rings (SSSR count). The number of hydrogen-bond donors (Lipinski definition) is 0. The Bertz CT molecular complexity index is 2950. The van der Waals surface area contributed by atoms with Crippen LogP contribution in [-0.4, -0.2) is 29.9 Å². The zero-order valence-electron chi connectivity index (χ0n) is 30.9. The SMILES string of the molecule is Cc1ccc(-c2onc3ccc(-c4ccnn4-c4ccc(C)cc4)cc23)cc1.Cc1ccc(-n2nccc2-c2ccc3noc(-c4cccc(F)c4)c3c2)cc1. The van der Waals surface area contributed by atoms with Crippen molar-refractivity contribution in [1.82, 2.24) is 29.9 Å². The van der Waals surface area contributed by atoms with Gasteiger partial charge in [0.15, 0.2) is 11.5 Å². The Morgan fingerprint density at radius 2 is 0.893 bits per heavy atom. The van der Waals surface area contributed by atoms with Gasteiger partial charge in [0, 0.05) is 22.3 Å². The minimum Gasteiger partial charge on any atom is -0.355 e. The smallest absolute Gasteiger partial charge is 0.174 e. The monoisotopic (exact) mass is 734 g/mol. The van der Waals surface area contributed by atoms with Crippen LogP contribution in [-0.2, 0) is 0 Å². The molecule has 0 saturated carbocycles. The van der Waals surface area contributed by atoms with Crippen molar-refractivity contribution in [3.05, 3.63) is 180 Å². The van der Waals surface area contributed by atoms with Crippen LogP contribution in [0.1, 0.15) is 16.7 Å². The van der Waals surface area contributed by atoms with Gasteiger partial charge in [-0.15, -0.1) is 0 Å². The van der Waals surface area contributed by atoms with Gasteiger partial charge in [0.1, 0.15) is 16.9 Å². The maximum Gasteiger partial charge on any atom is 0.174 e. The highest BCUT2D eigenvalue weighted by molar-refractivity contribution is 5.95. The molecule has 0 radical (unpaired) electrons. The van der Waals surface area contributed by atoms with Crippen LogP contribution in [0.4, 0.5) is 4.39 Å². The van der Waals surface area contributed by atoms with E-state index in [1.807, 2.05) is 70.2 Å². The Balaban J connectivity index is 0.000000146. The second-order valence-electron chi connectivity index (χ2n) is 13.8. The number of aromatic nitrogens is 6.